The second-order valence-electron chi connectivity index (χ2n) is 4.21. The second kappa shape index (κ2) is 6.93. The molecule has 0 fully saturated rings. The van der Waals surface area contributed by atoms with Crippen molar-refractivity contribution in [2.75, 3.05) is 25.0 Å². The van der Waals surface area contributed by atoms with Gasteiger partial charge in [-0.05, 0) is 19.8 Å². The number of anilines is 1. The summed E-state index contributed by atoms with van der Waals surface area (Å²) in [5.74, 6) is 1.59. The van der Waals surface area contributed by atoms with Crippen molar-refractivity contribution in [3.05, 3.63) is 17.6 Å². The first-order chi connectivity index (χ1) is 8.60. The summed E-state index contributed by atoms with van der Waals surface area (Å²) in [6.45, 7) is 7.18. The quantitative estimate of drug-likeness (QED) is 0.827. The maximum absolute atomic E-state index is 11.5. The molecule has 0 saturated carbocycles. The lowest BCUT2D eigenvalue weighted by Crippen LogP contribution is -2.36. The van der Waals surface area contributed by atoms with Crippen LogP contribution in [0.15, 0.2) is 6.07 Å². The van der Waals surface area contributed by atoms with E-state index in [0.717, 1.165) is 36.7 Å². The first-order valence-electron chi connectivity index (χ1n) is 6.40. The maximum atomic E-state index is 11.5. The number of carbonyl (C=O) groups is 1. The highest BCUT2D eigenvalue weighted by atomic mass is 16.1. The lowest BCUT2D eigenvalue weighted by Gasteiger charge is -2.22. The van der Waals surface area contributed by atoms with E-state index in [9.17, 15) is 4.79 Å². The molecule has 5 heteroatoms. The summed E-state index contributed by atoms with van der Waals surface area (Å²) < 4.78 is 0. The molecular formula is C13H22N4O. The third kappa shape index (κ3) is 3.98. The molecule has 1 heterocycles. The van der Waals surface area contributed by atoms with Gasteiger partial charge in [-0.3, -0.25) is 4.79 Å². The predicted octanol–water partition coefficient (Wildman–Crippen LogP) is 1.31. The average Bonchev–Trinajstić information content (AvgIpc) is 2.37. The smallest absolute Gasteiger partial charge is 0.239 e. The van der Waals surface area contributed by atoms with Crippen molar-refractivity contribution in [2.45, 2.75) is 33.6 Å². The molecule has 5 nitrogen and oxygen atoms in total. The number of hydrogen-bond donors (Lipinski definition) is 1. The van der Waals surface area contributed by atoms with Crippen LogP contribution in [0.1, 0.15) is 31.8 Å². The average molecular weight is 250 g/mol. The summed E-state index contributed by atoms with van der Waals surface area (Å²) in [7, 11) is 1.65. The van der Waals surface area contributed by atoms with E-state index >= 15 is 0 Å². The van der Waals surface area contributed by atoms with E-state index in [0.29, 0.717) is 6.54 Å². The first-order valence-corrected chi connectivity index (χ1v) is 6.40. The molecule has 18 heavy (non-hydrogen) atoms. The minimum absolute atomic E-state index is 0.00207. The van der Waals surface area contributed by atoms with Gasteiger partial charge in [0.2, 0.25) is 5.91 Å². The summed E-state index contributed by atoms with van der Waals surface area (Å²) in [5, 5.41) is 2.64. The molecular weight excluding hydrogens is 228 g/mol. The van der Waals surface area contributed by atoms with Gasteiger partial charge in [0, 0.05) is 25.4 Å². The third-order valence-corrected chi connectivity index (χ3v) is 2.67. The lowest BCUT2D eigenvalue weighted by atomic mass is 10.3. The Morgan fingerprint density at radius 2 is 2.11 bits per heavy atom. The maximum Gasteiger partial charge on any atom is 0.239 e. The molecule has 0 spiro atoms. The normalized spacial score (nSPS) is 10.2. The minimum Gasteiger partial charge on any atom is -0.358 e. The zero-order valence-corrected chi connectivity index (χ0v) is 11.7. The van der Waals surface area contributed by atoms with Crippen molar-refractivity contribution in [3.8, 4) is 0 Å². The predicted molar refractivity (Wildman–Crippen MR) is 72.7 cm³/mol. The number of likely N-dealkylation sites (N-methyl/N-ethyl adjacent to an activating group) is 1. The monoisotopic (exact) mass is 250 g/mol. The summed E-state index contributed by atoms with van der Waals surface area (Å²) in [6.07, 6.45) is 1.85. The van der Waals surface area contributed by atoms with Gasteiger partial charge in [-0.1, -0.05) is 13.8 Å². The van der Waals surface area contributed by atoms with E-state index in [2.05, 4.69) is 29.1 Å². The molecule has 100 valence electrons. The SMILES string of the molecule is CCCN(CC(=O)NC)c1cc(CC)nc(C)n1. The fraction of sp³-hybridized carbons (Fsp3) is 0.615. The molecule has 0 aliphatic carbocycles. The molecule has 1 amide bonds. The Morgan fingerprint density at radius 3 is 2.67 bits per heavy atom. The van der Waals surface area contributed by atoms with E-state index in [-0.39, 0.29) is 5.91 Å². The molecule has 0 radical (unpaired) electrons. The summed E-state index contributed by atoms with van der Waals surface area (Å²) in [6, 6.07) is 1.96. The van der Waals surface area contributed by atoms with E-state index in [1.54, 1.807) is 7.05 Å². The summed E-state index contributed by atoms with van der Waals surface area (Å²) in [5.41, 5.74) is 1.01. The molecule has 0 unspecified atom stereocenters. The highest BCUT2D eigenvalue weighted by Crippen LogP contribution is 2.13. The van der Waals surface area contributed by atoms with Crippen LogP contribution in [-0.4, -0.2) is 36.0 Å². The zero-order chi connectivity index (χ0) is 13.5. The minimum atomic E-state index is -0.00207. The lowest BCUT2D eigenvalue weighted by molar-refractivity contribution is -0.119. The Kier molecular flexibility index (Phi) is 5.55. The molecule has 0 atom stereocenters. The Balaban J connectivity index is 2.96. The molecule has 0 bridgehead atoms. The number of aryl methyl sites for hydroxylation is 2. The van der Waals surface area contributed by atoms with Gasteiger partial charge in [-0.15, -0.1) is 0 Å². The second-order valence-corrected chi connectivity index (χ2v) is 4.21. The molecule has 1 rings (SSSR count). The van der Waals surface area contributed by atoms with Gasteiger partial charge in [0.1, 0.15) is 11.6 Å². The van der Waals surface area contributed by atoms with Crippen LogP contribution < -0.4 is 10.2 Å². The number of nitrogens with one attached hydrogen (secondary N) is 1. The first kappa shape index (κ1) is 14.4. The van der Waals surface area contributed by atoms with Crippen molar-refractivity contribution in [1.29, 1.82) is 0 Å². The van der Waals surface area contributed by atoms with E-state index in [4.69, 9.17) is 0 Å². The number of rotatable bonds is 6. The number of aromatic nitrogens is 2. The van der Waals surface area contributed by atoms with Crippen LogP contribution >= 0.6 is 0 Å². The number of amides is 1. The van der Waals surface area contributed by atoms with Gasteiger partial charge >= 0.3 is 0 Å². The zero-order valence-electron chi connectivity index (χ0n) is 11.7. The number of nitrogens with zero attached hydrogens (tertiary/aromatic N) is 3. The Morgan fingerprint density at radius 1 is 1.39 bits per heavy atom. The van der Waals surface area contributed by atoms with Crippen molar-refractivity contribution < 1.29 is 4.79 Å². The van der Waals surface area contributed by atoms with Crippen molar-refractivity contribution >= 4 is 11.7 Å². The van der Waals surface area contributed by atoms with Crippen LogP contribution in [0.25, 0.3) is 0 Å². The Hall–Kier alpha value is -1.65. The molecule has 0 aliphatic rings. The topological polar surface area (TPSA) is 58.1 Å². The van der Waals surface area contributed by atoms with Crippen LogP contribution in [0.3, 0.4) is 0 Å². The van der Waals surface area contributed by atoms with Gasteiger partial charge in [-0.2, -0.15) is 0 Å². The summed E-state index contributed by atoms with van der Waals surface area (Å²) in [4.78, 5) is 22.3. The molecule has 0 saturated heterocycles. The van der Waals surface area contributed by atoms with Crippen molar-refractivity contribution in [1.82, 2.24) is 15.3 Å². The summed E-state index contributed by atoms with van der Waals surface area (Å²) >= 11 is 0. The molecule has 0 aromatic carbocycles. The molecule has 1 N–H and O–H groups in total. The van der Waals surface area contributed by atoms with E-state index < -0.39 is 0 Å². The van der Waals surface area contributed by atoms with Crippen LogP contribution in [0.4, 0.5) is 5.82 Å². The van der Waals surface area contributed by atoms with Crippen molar-refractivity contribution in [2.24, 2.45) is 0 Å². The van der Waals surface area contributed by atoms with Gasteiger partial charge in [-0.25, -0.2) is 9.97 Å². The molecule has 0 aliphatic heterocycles. The third-order valence-electron chi connectivity index (χ3n) is 2.67. The van der Waals surface area contributed by atoms with E-state index in [1.807, 2.05) is 17.9 Å². The van der Waals surface area contributed by atoms with Gasteiger partial charge in [0.05, 0.1) is 6.54 Å². The largest absolute Gasteiger partial charge is 0.358 e. The van der Waals surface area contributed by atoms with Crippen LogP contribution in [0.5, 0.6) is 0 Å². The Bertz CT molecular complexity index is 406. The van der Waals surface area contributed by atoms with Gasteiger partial charge in [0.25, 0.3) is 0 Å². The Labute approximate surface area is 109 Å². The highest BCUT2D eigenvalue weighted by molar-refractivity contribution is 5.80. The number of carbonyl (C=O) groups excluding carboxylic acids is 1. The van der Waals surface area contributed by atoms with Crippen molar-refractivity contribution in [3.63, 3.8) is 0 Å². The van der Waals surface area contributed by atoms with Gasteiger partial charge in [0.15, 0.2) is 0 Å². The van der Waals surface area contributed by atoms with Crippen LogP contribution in [-0.2, 0) is 11.2 Å². The van der Waals surface area contributed by atoms with E-state index in [1.165, 1.54) is 0 Å². The van der Waals surface area contributed by atoms with Crippen LogP contribution in [0, 0.1) is 6.92 Å². The van der Waals surface area contributed by atoms with Crippen LogP contribution in [0.2, 0.25) is 0 Å². The molecule has 1 aromatic heterocycles. The fourth-order valence-corrected chi connectivity index (χ4v) is 1.75. The number of hydrogen-bond acceptors (Lipinski definition) is 4. The highest BCUT2D eigenvalue weighted by Gasteiger charge is 2.12. The fourth-order valence-electron chi connectivity index (χ4n) is 1.75. The van der Waals surface area contributed by atoms with Gasteiger partial charge < -0.3 is 10.2 Å². The molecule has 1 aromatic rings. The standard InChI is InChI=1S/C13H22N4O/c1-5-7-17(9-13(18)14-4)12-8-11(6-2)15-10(3)16-12/h8H,5-7,9H2,1-4H3,(H,14,18).